The van der Waals surface area contributed by atoms with Gasteiger partial charge in [-0.05, 0) is 41.5 Å². The third kappa shape index (κ3) is 4.22. The van der Waals surface area contributed by atoms with Gasteiger partial charge in [0.2, 0.25) is 0 Å². The number of nitrogens with zero attached hydrogens (tertiary/aromatic N) is 5. The zero-order chi connectivity index (χ0) is 21.3. The van der Waals surface area contributed by atoms with E-state index in [0.717, 1.165) is 17.2 Å². The van der Waals surface area contributed by atoms with E-state index < -0.39 is 17.6 Å². The molecule has 2 heterocycles. The van der Waals surface area contributed by atoms with Crippen LogP contribution < -0.4 is 0 Å². The van der Waals surface area contributed by atoms with E-state index in [1.54, 1.807) is 11.6 Å². The first-order valence-electron chi connectivity index (χ1n) is 8.17. The fraction of sp³-hybridized carbons (Fsp3) is 0.222. The van der Waals surface area contributed by atoms with Gasteiger partial charge >= 0.3 is 6.18 Å². The van der Waals surface area contributed by atoms with Crippen LogP contribution in [0.2, 0.25) is 5.15 Å². The summed E-state index contributed by atoms with van der Waals surface area (Å²) in [5, 5.41) is 8.62. The van der Waals surface area contributed by atoms with E-state index in [-0.39, 0.29) is 22.0 Å². The van der Waals surface area contributed by atoms with E-state index in [2.05, 4.69) is 15.2 Å². The fourth-order valence-corrected chi connectivity index (χ4v) is 2.90. The summed E-state index contributed by atoms with van der Waals surface area (Å²) in [5.74, 6) is -0.257. The average molecular weight is 426 g/mol. The largest absolute Gasteiger partial charge is 0.416 e. The number of rotatable bonds is 4. The van der Waals surface area contributed by atoms with Crippen molar-refractivity contribution in [2.45, 2.75) is 6.18 Å². The number of carbonyl (C=O) groups is 1. The third-order valence-corrected chi connectivity index (χ3v) is 4.38. The molecule has 0 atom stereocenters. The maximum atomic E-state index is 13.3. The minimum absolute atomic E-state index is 0.0586. The number of aryl methyl sites for hydroxylation is 1. The second-order valence-corrected chi connectivity index (χ2v) is 6.46. The summed E-state index contributed by atoms with van der Waals surface area (Å²) in [6.07, 6.45) is -3.13. The molecule has 0 spiro atoms. The fourth-order valence-electron chi connectivity index (χ4n) is 2.69. The van der Waals surface area contributed by atoms with E-state index in [4.69, 9.17) is 16.4 Å². The minimum atomic E-state index is -4.56. The van der Waals surface area contributed by atoms with Gasteiger partial charge in [-0.2, -0.15) is 13.2 Å². The first-order valence-corrected chi connectivity index (χ1v) is 8.55. The van der Waals surface area contributed by atoms with Gasteiger partial charge in [-0.15, -0.1) is 10.2 Å². The lowest BCUT2D eigenvalue weighted by molar-refractivity contribution is -0.137. The van der Waals surface area contributed by atoms with Gasteiger partial charge in [-0.1, -0.05) is 11.6 Å². The van der Waals surface area contributed by atoms with Gasteiger partial charge in [-0.25, -0.2) is 10.0 Å². The molecule has 0 unspecified atom stereocenters. The molecule has 0 saturated carbocycles. The van der Waals surface area contributed by atoms with Gasteiger partial charge in [0, 0.05) is 19.7 Å². The topological polar surface area (TPSA) is 73.1 Å². The Morgan fingerprint density at radius 1 is 1.21 bits per heavy atom. The quantitative estimate of drug-likeness (QED) is 0.469. The molecule has 1 amide bonds. The molecule has 3 aromatic rings. The van der Waals surface area contributed by atoms with Gasteiger partial charge in [0.15, 0.2) is 5.82 Å². The third-order valence-electron chi connectivity index (χ3n) is 4.18. The predicted octanol–water partition coefficient (Wildman–Crippen LogP) is 3.85. The van der Waals surface area contributed by atoms with Gasteiger partial charge in [0.05, 0.1) is 12.7 Å². The molecule has 2 aromatic heterocycles. The molecular weight excluding hydrogens is 411 g/mol. The molecule has 7 nitrogen and oxygen atoms in total. The van der Waals surface area contributed by atoms with Crippen LogP contribution in [-0.4, -0.2) is 44.9 Å². The summed E-state index contributed by atoms with van der Waals surface area (Å²) in [5.41, 5.74) is -0.110. The standard InChI is InChI=1S/C18H15ClF3N5O2/c1-26-9-23-25-16(26)12-5-4-11(18(20,21)22)8-13(12)10-6-14(24-15(19)7-10)17(28)27(2)29-3/h4-9H,1-3H3. The van der Waals surface area contributed by atoms with Crippen molar-refractivity contribution in [1.82, 2.24) is 24.8 Å². The normalized spacial score (nSPS) is 11.6. The SMILES string of the molecule is CON(C)C(=O)c1cc(-c2cc(C(F)(F)F)ccc2-c2nncn2C)cc(Cl)n1. The number of alkyl halides is 3. The number of aromatic nitrogens is 4. The number of amides is 1. The molecule has 29 heavy (non-hydrogen) atoms. The average Bonchev–Trinajstić information content (AvgIpc) is 3.10. The number of halogens is 4. The van der Waals surface area contributed by atoms with Crippen LogP contribution >= 0.6 is 11.6 Å². The second kappa shape index (κ2) is 7.80. The van der Waals surface area contributed by atoms with E-state index in [9.17, 15) is 18.0 Å². The second-order valence-electron chi connectivity index (χ2n) is 6.07. The highest BCUT2D eigenvalue weighted by Crippen LogP contribution is 2.38. The van der Waals surface area contributed by atoms with Crippen LogP contribution in [0.4, 0.5) is 13.2 Å². The van der Waals surface area contributed by atoms with Crippen molar-refractivity contribution in [3.63, 3.8) is 0 Å². The lowest BCUT2D eigenvalue weighted by Crippen LogP contribution is -2.26. The Kier molecular flexibility index (Phi) is 5.58. The monoisotopic (exact) mass is 425 g/mol. The Hall–Kier alpha value is -2.98. The summed E-state index contributed by atoms with van der Waals surface area (Å²) >= 11 is 6.05. The van der Waals surface area contributed by atoms with Crippen molar-refractivity contribution in [3.8, 4) is 22.5 Å². The van der Waals surface area contributed by atoms with Crippen molar-refractivity contribution in [3.05, 3.63) is 53.1 Å². The number of hydrogen-bond acceptors (Lipinski definition) is 5. The van der Waals surface area contributed by atoms with Crippen LogP contribution in [0.15, 0.2) is 36.7 Å². The molecule has 0 aliphatic rings. The Morgan fingerprint density at radius 3 is 2.52 bits per heavy atom. The van der Waals surface area contributed by atoms with E-state index >= 15 is 0 Å². The molecule has 11 heteroatoms. The zero-order valence-electron chi connectivity index (χ0n) is 15.5. The summed E-state index contributed by atoms with van der Waals surface area (Å²) in [6.45, 7) is 0. The number of benzene rings is 1. The van der Waals surface area contributed by atoms with Crippen molar-refractivity contribution < 1.29 is 22.8 Å². The van der Waals surface area contributed by atoms with Crippen LogP contribution in [0, 0.1) is 0 Å². The number of hydroxylamine groups is 2. The van der Waals surface area contributed by atoms with Gasteiger partial charge in [-0.3, -0.25) is 9.63 Å². The molecule has 0 bridgehead atoms. The van der Waals surface area contributed by atoms with Gasteiger partial charge in [0.25, 0.3) is 5.91 Å². The maximum Gasteiger partial charge on any atom is 0.416 e. The molecule has 1 aromatic carbocycles. The molecule has 0 N–H and O–H groups in total. The summed E-state index contributed by atoms with van der Waals surface area (Å²) in [6, 6.07) is 5.96. The Balaban J connectivity index is 2.25. The van der Waals surface area contributed by atoms with Crippen LogP contribution in [0.3, 0.4) is 0 Å². The Morgan fingerprint density at radius 2 is 1.93 bits per heavy atom. The minimum Gasteiger partial charge on any atom is -0.317 e. The maximum absolute atomic E-state index is 13.3. The Labute approximate surface area is 168 Å². The van der Waals surface area contributed by atoms with Crippen LogP contribution in [-0.2, 0) is 18.1 Å². The zero-order valence-corrected chi connectivity index (χ0v) is 16.3. The predicted molar refractivity (Wildman–Crippen MR) is 98.8 cm³/mol. The molecule has 0 aliphatic heterocycles. The van der Waals surface area contributed by atoms with E-state index in [1.807, 2.05) is 0 Å². The lowest BCUT2D eigenvalue weighted by atomic mass is 9.96. The van der Waals surface area contributed by atoms with Crippen molar-refractivity contribution >= 4 is 17.5 Å². The van der Waals surface area contributed by atoms with Crippen LogP contribution in [0.25, 0.3) is 22.5 Å². The van der Waals surface area contributed by atoms with Gasteiger partial charge < -0.3 is 4.57 Å². The summed E-state index contributed by atoms with van der Waals surface area (Å²) in [4.78, 5) is 21.2. The Bertz CT molecular complexity index is 1070. The molecule has 0 fully saturated rings. The van der Waals surface area contributed by atoms with Crippen LogP contribution in [0.5, 0.6) is 0 Å². The number of carbonyl (C=O) groups excluding carboxylic acids is 1. The molecule has 3 rings (SSSR count). The molecule has 0 aliphatic carbocycles. The molecular formula is C18H15ClF3N5O2. The van der Waals surface area contributed by atoms with Gasteiger partial charge in [0.1, 0.15) is 17.2 Å². The van der Waals surface area contributed by atoms with E-state index in [0.29, 0.717) is 11.4 Å². The molecule has 0 radical (unpaired) electrons. The highest BCUT2D eigenvalue weighted by atomic mass is 35.5. The molecule has 152 valence electrons. The number of pyridine rings is 1. The first kappa shape index (κ1) is 20.7. The first-order chi connectivity index (χ1) is 13.6. The lowest BCUT2D eigenvalue weighted by Gasteiger charge is -2.16. The highest BCUT2D eigenvalue weighted by Gasteiger charge is 2.32. The van der Waals surface area contributed by atoms with Crippen molar-refractivity contribution in [2.24, 2.45) is 7.05 Å². The number of hydrogen-bond donors (Lipinski definition) is 0. The highest BCUT2D eigenvalue weighted by molar-refractivity contribution is 6.30. The van der Waals surface area contributed by atoms with E-state index in [1.165, 1.54) is 38.7 Å². The van der Waals surface area contributed by atoms with Crippen molar-refractivity contribution in [2.75, 3.05) is 14.2 Å². The summed E-state index contributed by atoms with van der Waals surface area (Å²) < 4.78 is 41.5. The smallest absolute Gasteiger partial charge is 0.317 e. The molecule has 0 saturated heterocycles. The van der Waals surface area contributed by atoms with Crippen LogP contribution in [0.1, 0.15) is 16.1 Å². The van der Waals surface area contributed by atoms with Crippen molar-refractivity contribution in [1.29, 1.82) is 0 Å². The summed E-state index contributed by atoms with van der Waals surface area (Å²) in [7, 11) is 4.33.